The third-order valence-electron chi connectivity index (χ3n) is 2.74. The van der Waals surface area contributed by atoms with E-state index in [1.165, 1.54) is 0 Å². The maximum Gasteiger partial charge on any atom is 0.236 e. The number of carbonyl (C=O) groups excluding carboxylic acids is 1. The second kappa shape index (κ2) is 4.97. The van der Waals surface area contributed by atoms with Gasteiger partial charge in [0.15, 0.2) is 0 Å². The standard InChI is InChI=1S/C12H16N4O/c1-9(12(17)13-2)14-7-10-8-15-16-6-4-3-5-11(10)16/h3-6,8-9,14H,7H2,1-2H3,(H,13,17). The van der Waals surface area contributed by atoms with Gasteiger partial charge in [0.25, 0.3) is 0 Å². The molecule has 2 aromatic heterocycles. The van der Waals surface area contributed by atoms with Crippen molar-refractivity contribution in [2.45, 2.75) is 19.5 Å². The van der Waals surface area contributed by atoms with Crippen LogP contribution in [0.1, 0.15) is 12.5 Å². The summed E-state index contributed by atoms with van der Waals surface area (Å²) in [5, 5.41) is 10.0. The fraction of sp³-hybridized carbons (Fsp3) is 0.333. The highest BCUT2D eigenvalue weighted by atomic mass is 16.2. The fourth-order valence-corrected chi connectivity index (χ4v) is 1.70. The van der Waals surface area contributed by atoms with Crippen LogP contribution in [0.3, 0.4) is 0 Å². The Morgan fingerprint density at radius 2 is 2.35 bits per heavy atom. The van der Waals surface area contributed by atoms with E-state index in [-0.39, 0.29) is 11.9 Å². The van der Waals surface area contributed by atoms with Gasteiger partial charge in [0.1, 0.15) is 0 Å². The van der Waals surface area contributed by atoms with E-state index in [1.807, 2.05) is 42.0 Å². The van der Waals surface area contributed by atoms with Crippen LogP contribution in [0.25, 0.3) is 5.52 Å². The number of likely N-dealkylation sites (N-methyl/N-ethyl adjacent to an activating group) is 1. The Balaban J connectivity index is 2.07. The number of hydrogen-bond acceptors (Lipinski definition) is 3. The molecule has 0 bridgehead atoms. The second-order valence-electron chi connectivity index (χ2n) is 3.92. The van der Waals surface area contributed by atoms with Gasteiger partial charge in [0.05, 0.1) is 17.8 Å². The van der Waals surface area contributed by atoms with Crippen molar-refractivity contribution in [1.82, 2.24) is 20.2 Å². The molecule has 0 spiro atoms. The summed E-state index contributed by atoms with van der Waals surface area (Å²) in [7, 11) is 1.63. The van der Waals surface area contributed by atoms with E-state index < -0.39 is 0 Å². The summed E-state index contributed by atoms with van der Waals surface area (Å²) in [6.45, 7) is 2.46. The minimum Gasteiger partial charge on any atom is -0.358 e. The number of nitrogens with zero attached hydrogens (tertiary/aromatic N) is 2. The molecule has 0 aliphatic heterocycles. The minimum absolute atomic E-state index is 0.0125. The first-order valence-corrected chi connectivity index (χ1v) is 5.58. The second-order valence-corrected chi connectivity index (χ2v) is 3.92. The normalized spacial score (nSPS) is 12.6. The smallest absolute Gasteiger partial charge is 0.236 e. The molecule has 1 unspecified atom stereocenters. The number of pyridine rings is 1. The van der Waals surface area contributed by atoms with Gasteiger partial charge in [-0.25, -0.2) is 4.52 Å². The number of carbonyl (C=O) groups is 1. The van der Waals surface area contributed by atoms with Gasteiger partial charge in [-0.05, 0) is 19.1 Å². The van der Waals surface area contributed by atoms with E-state index in [0.717, 1.165) is 11.1 Å². The molecule has 2 rings (SSSR count). The molecule has 0 saturated carbocycles. The quantitative estimate of drug-likeness (QED) is 0.809. The summed E-state index contributed by atoms with van der Waals surface area (Å²) in [4.78, 5) is 11.3. The van der Waals surface area contributed by atoms with Crippen molar-refractivity contribution < 1.29 is 4.79 Å². The molecular formula is C12H16N4O. The molecule has 2 aromatic rings. The summed E-state index contributed by atoms with van der Waals surface area (Å²) in [6, 6.07) is 5.71. The zero-order valence-corrected chi connectivity index (χ0v) is 9.97. The first-order valence-electron chi connectivity index (χ1n) is 5.58. The molecule has 1 atom stereocenters. The molecule has 0 saturated heterocycles. The van der Waals surface area contributed by atoms with Crippen LogP contribution in [0.2, 0.25) is 0 Å². The molecule has 0 aliphatic rings. The van der Waals surface area contributed by atoms with E-state index >= 15 is 0 Å². The Kier molecular flexibility index (Phi) is 3.39. The largest absolute Gasteiger partial charge is 0.358 e. The van der Waals surface area contributed by atoms with Gasteiger partial charge in [0, 0.05) is 25.4 Å². The highest BCUT2D eigenvalue weighted by Gasteiger charge is 2.11. The lowest BCUT2D eigenvalue weighted by molar-refractivity contribution is -0.122. The molecule has 2 heterocycles. The molecule has 0 aliphatic carbocycles. The Bertz CT molecular complexity index is 520. The molecule has 90 valence electrons. The van der Waals surface area contributed by atoms with Gasteiger partial charge in [-0.15, -0.1) is 0 Å². The van der Waals surface area contributed by atoms with Crippen LogP contribution >= 0.6 is 0 Å². The number of amides is 1. The molecule has 5 heteroatoms. The Labute approximate surface area is 99.8 Å². The summed E-state index contributed by atoms with van der Waals surface area (Å²) < 4.78 is 1.82. The van der Waals surface area contributed by atoms with Crippen molar-refractivity contribution in [3.05, 3.63) is 36.2 Å². The molecule has 17 heavy (non-hydrogen) atoms. The highest BCUT2D eigenvalue weighted by Crippen LogP contribution is 2.09. The van der Waals surface area contributed by atoms with Gasteiger partial charge in [-0.2, -0.15) is 5.10 Å². The van der Waals surface area contributed by atoms with E-state index in [9.17, 15) is 4.79 Å². The lowest BCUT2D eigenvalue weighted by Crippen LogP contribution is -2.40. The van der Waals surface area contributed by atoms with Crippen LogP contribution < -0.4 is 10.6 Å². The SMILES string of the molecule is CNC(=O)C(C)NCc1cnn2ccccc12. The number of hydrogen-bond donors (Lipinski definition) is 2. The van der Waals surface area contributed by atoms with Gasteiger partial charge in [-0.3, -0.25) is 4.79 Å². The van der Waals surface area contributed by atoms with Gasteiger partial charge >= 0.3 is 0 Å². The van der Waals surface area contributed by atoms with E-state index in [0.29, 0.717) is 6.54 Å². The first-order chi connectivity index (χ1) is 8.22. The summed E-state index contributed by atoms with van der Waals surface area (Å²) >= 11 is 0. The van der Waals surface area contributed by atoms with Crippen molar-refractivity contribution in [2.75, 3.05) is 7.05 Å². The van der Waals surface area contributed by atoms with Crippen LogP contribution in [0.5, 0.6) is 0 Å². The van der Waals surface area contributed by atoms with Crippen molar-refractivity contribution in [1.29, 1.82) is 0 Å². The molecule has 5 nitrogen and oxygen atoms in total. The maximum absolute atomic E-state index is 11.3. The van der Waals surface area contributed by atoms with Gasteiger partial charge in [-0.1, -0.05) is 6.07 Å². The zero-order valence-electron chi connectivity index (χ0n) is 9.97. The summed E-state index contributed by atoms with van der Waals surface area (Å²) in [5.41, 5.74) is 2.14. The van der Waals surface area contributed by atoms with Crippen LogP contribution in [-0.2, 0) is 11.3 Å². The third-order valence-corrected chi connectivity index (χ3v) is 2.74. The van der Waals surface area contributed by atoms with Crippen molar-refractivity contribution in [3.8, 4) is 0 Å². The molecule has 2 N–H and O–H groups in total. The van der Waals surface area contributed by atoms with Crippen molar-refractivity contribution >= 4 is 11.4 Å². The van der Waals surface area contributed by atoms with E-state index in [1.54, 1.807) is 7.05 Å². The van der Waals surface area contributed by atoms with E-state index in [2.05, 4.69) is 15.7 Å². The molecule has 0 fully saturated rings. The topological polar surface area (TPSA) is 58.4 Å². The Morgan fingerprint density at radius 3 is 3.12 bits per heavy atom. The fourth-order valence-electron chi connectivity index (χ4n) is 1.70. The van der Waals surface area contributed by atoms with Crippen LogP contribution in [-0.4, -0.2) is 28.6 Å². The lowest BCUT2D eigenvalue weighted by Gasteiger charge is -2.11. The van der Waals surface area contributed by atoms with Crippen molar-refractivity contribution in [3.63, 3.8) is 0 Å². The van der Waals surface area contributed by atoms with Gasteiger partial charge < -0.3 is 10.6 Å². The number of nitrogens with one attached hydrogen (secondary N) is 2. The van der Waals surface area contributed by atoms with E-state index in [4.69, 9.17) is 0 Å². The highest BCUT2D eigenvalue weighted by molar-refractivity contribution is 5.80. The van der Waals surface area contributed by atoms with Crippen LogP contribution in [0.4, 0.5) is 0 Å². The number of rotatable bonds is 4. The molecule has 1 amide bonds. The third kappa shape index (κ3) is 2.45. The van der Waals surface area contributed by atoms with Crippen LogP contribution in [0.15, 0.2) is 30.6 Å². The Hall–Kier alpha value is -1.88. The average molecular weight is 232 g/mol. The number of fused-ring (bicyclic) bond motifs is 1. The number of aromatic nitrogens is 2. The average Bonchev–Trinajstić information content (AvgIpc) is 2.78. The predicted molar refractivity (Wildman–Crippen MR) is 65.6 cm³/mol. The van der Waals surface area contributed by atoms with Crippen LogP contribution in [0, 0.1) is 0 Å². The molecule has 0 radical (unpaired) electrons. The lowest BCUT2D eigenvalue weighted by atomic mass is 10.2. The summed E-state index contributed by atoms with van der Waals surface area (Å²) in [5.74, 6) is -0.0125. The van der Waals surface area contributed by atoms with Crippen molar-refractivity contribution in [2.24, 2.45) is 0 Å². The predicted octanol–water partition coefficient (Wildman–Crippen LogP) is 0.558. The molecule has 0 aromatic carbocycles. The minimum atomic E-state index is -0.210. The molecular weight excluding hydrogens is 216 g/mol. The monoisotopic (exact) mass is 232 g/mol. The Morgan fingerprint density at radius 1 is 1.53 bits per heavy atom. The zero-order chi connectivity index (χ0) is 12.3. The maximum atomic E-state index is 11.3. The first kappa shape index (κ1) is 11.6. The summed E-state index contributed by atoms with van der Waals surface area (Å²) in [6.07, 6.45) is 3.72. The van der Waals surface area contributed by atoms with Gasteiger partial charge in [0.2, 0.25) is 5.91 Å².